The third-order valence-electron chi connectivity index (χ3n) is 5.39. The molecule has 3 aromatic carbocycles. The Kier molecular flexibility index (Phi) is 7.45. The predicted octanol–water partition coefficient (Wildman–Crippen LogP) is 4.16. The molecule has 3 rings (SSSR count). The second kappa shape index (κ2) is 10.4. The van der Waals surface area contributed by atoms with Gasteiger partial charge >= 0.3 is 0 Å². The van der Waals surface area contributed by atoms with Crippen molar-refractivity contribution in [1.29, 1.82) is 0 Å². The van der Waals surface area contributed by atoms with E-state index in [0.717, 1.165) is 34.5 Å². The molecule has 164 valence electrons. The Morgan fingerprint density at radius 1 is 1.03 bits per heavy atom. The molecule has 0 spiro atoms. The first-order valence-corrected chi connectivity index (χ1v) is 10.7. The Morgan fingerprint density at radius 2 is 1.62 bits per heavy atom. The zero-order chi connectivity index (χ0) is 23.0. The van der Waals surface area contributed by atoms with Crippen molar-refractivity contribution in [3.8, 4) is 0 Å². The second-order valence-electron chi connectivity index (χ2n) is 7.59. The smallest absolute Gasteiger partial charge is 0.259 e. The van der Waals surface area contributed by atoms with Gasteiger partial charge in [-0.25, -0.2) is 4.99 Å². The molecular weight excluding hydrogens is 396 g/mol. The van der Waals surface area contributed by atoms with Crippen molar-refractivity contribution >= 4 is 17.9 Å². The maximum atomic E-state index is 14.0. The lowest BCUT2D eigenvalue weighted by Gasteiger charge is -2.33. The average Bonchev–Trinajstić information content (AvgIpc) is 2.83. The number of nitrogens with one attached hydrogen (secondary N) is 1. The third-order valence-corrected chi connectivity index (χ3v) is 5.39. The van der Waals surface area contributed by atoms with E-state index in [4.69, 9.17) is 5.73 Å². The Morgan fingerprint density at radius 3 is 2.16 bits per heavy atom. The summed E-state index contributed by atoms with van der Waals surface area (Å²) < 4.78 is 0. The fraction of sp³-hybridized carbons (Fsp3) is 0.185. The molecule has 0 atom stereocenters. The highest BCUT2D eigenvalue weighted by Crippen LogP contribution is 2.36. The predicted molar refractivity (Wildman–Crippen MR) is 132 cm³/mol. The van der Waals surface area contributed by atoms with E-state index >= 15 is 0 Å². The van der Waals surface area contributed by atoms with Gasteiger partial charge in [0.25, 0.3) is 5.91 Å². The van der Waals surface area contributed by atoms with Gasteiger partial charge in [-0.15, -0.1) is 0 Å². The molecule has 0 saturated carbocycles. The fourth-order valence-electron chi connectivity index (χ4n) is 3.88. The summed E-state index contributed by atoms with van der Waals surface area (Å²) in [5.41, 5.74) is 8.91. The number of rotatable bonds is 9. The first-order chi connectivity index (χ1) is 15.5. The number of benzene rings is 3. The number of amides is 1. The molecule has 3 N–H and O–H groups in total. The Balaban J connectivity index is 2.00. The summed E-state index contributed by atoms with van der Waals surface area (Å²) in [5.74, 6) is -0.160. The molecule has 0 aliphatic carbocycles. The zero-order valence-corrected chi connectivity index (χ0v) is 18.7. The lowest BCUT2D eigenvalue weighted by atomic mass is 9.82. The highest BCUT2D eigenvalue weighted by Gasteiger charge is 2.43. The largest absolute Gasteiger partial charge is 0.390 e. The van der Waals surface area contributed by atoms with Crippen LogP contribution in [0.5, 0.6) is 0 Å². The van der Waals surface area contributed by atoms with Crippen LogP contribution in [0.15, 0.2) is 96.5 Å². The van der Waals surface area contributed by atoms with Crippen LogP contribution in [0.25, 0.3) is 5.70 Å². The maximum absolute atomic E-state index is 14.0. The monoisotopic (exact) mass is 426 g/mol. The molecule has 0 bridgehead atoms. The second-order valence-corrected chi connectivity index (χ2v) is 7.59. The summed E-state index contributed by atoms with van der Waals surface area (Å²) in [6, 6.07) is 27.1. The molecule has 0 aromatic heterocycles. The lowest BCUT2D eigenvalue weighted by Crippen LogP contribution is -2.45. The molecule has 0 heterocycles. The minimum atomic E-state index is -1.27. The molecule has 0 saturated heterocycles. The van der Waals surface area contributed by atoms with Gasteiger partial charge in [-0.05, 0) is 35.2 Å². The van der Waals surface area contributed by atoms with Crippen LogP contribution in [0.1, 0.15) is 29.2 Å². The Labute approximate surface area is 190 Å². The highest BCUT2D eigenvalue weighted by atomic mass is 16.2. The number of nitrogens with two attached hydrogens (primary N) is 1. The van der Waals surface area contributed by atoms with Crippen LogP contribution in [0.4, 0.5) is 0 Å². The van der Waals surface area contributed by atoms with Crippen LogP contribution in [-0.4, -0.2) is 30.7 Å². The molecule has 5 heteroatoms. The fourth-order valence-corrected chi connectivity index (χ4v) is 3.88. The van der Waals surface area contributed by atoms with Gasteiger partial charge in [0.15, 0.2) is 5.54 Å². The highest BCUT2D eigenvalue weighted by molar-refractivity contribution is 5.93. The molecule has 0 fully saturated rings. The molecule has 0 radical (unpaired) electrons. The standard InChI is InChI=1S/C27H30N4O/c1-4-29-21(2)23-13-11-12-22(18-23)19-31(3)26(32)27(30-20-28,24-14-7-5-8-15-24)25-16-9-6-10-17-25/h5-18,20,29H,2,4,19H2,1,3H3,(H2,28,30). The number of aliphatic imine (C=N–C) groups is 1. The maximum Gasteiger partial charge on any atom is 0.259 e. The number of carbonyl (C=O) groups excluding carboxylic acids is 1. The molecule has 0 aliphatic rings. The summed E-state index contributed by atoms with van der Waals surface area (Å²) in [7, 11) is 1.79. The van der Waals surface area contributed by atoms with Gasteiger partial charge in [0, 0.05) is 25.8 Å². The Hall–Kier alpha value is -3.86. The number of hydrogen-bond acceptors (Lipinski definition) is 3. The van der Waals surface area contributed by atoms with Crippen molar-refractivity contribution in [2.45, 2.75) is 19.0 Å². The van der Waals surface area contributed by atoms with Crippen LogP contribution >= 0.6 is 0 Å². The minimum Gasteiger partial charge on any atom is -0.390 e. The molecule has 0 unspecified atom stereocenters. The summed E-state index contributed by atoms with van der Waals surface area (Å²) >= 11 is 0. The van der Waals surface area contributed by atoms with Gasteiger partial charge in [-0.3, -0.25) is 4.79 Å². The number of hydrogen-bond donors (Lipinski definition) is 2. The van der Waals surface area contributed by atoms with E-state index in [2.05, 4.69) is 16.9 Å². The summed E-state index contributed by atoms with van der Waals surface area (Å²) in [6.45, 7) is 7.35. The van der Waals surface area contributed by atoms with Gasteiger partial charge in [0.05, 0.1) is 6.34 Å². The SMILES string of the molecule is C=C(NCC)c1cccc(CN(C)C(=O)C(N=CN)(c2ccccc2)c2ccccc2)c1. The van der Waals surface area contributed by atoms with E-state index in [-0.39, 0.29) is 5.91 Å². The molecule has 0 aliphatic heterocycles. The van der Waals surface area contributed by atoms with Crippen LogP contribution < -0.4 is 11.1 Å². The quantitative estimate of drug-likeness (QED) is 0.399. The van der Waals surface area contributed by atoms with Gasteiger partial charge < -0.3 is 16.0 Å². The number of likely N-dealkylation sites (N-methyl/N-ethyl adjacent to an activating group) is 1. The summed E-state index contributed by atoms with van der Waals surface area (Å²) in [6.07, 6.45) is 1.22. The number of carbonyl (C=O) groups is 1. The van der Waals surface area contributed by atoms with Crippen LogP contribution in [0, 0.1) is 0 Å². The summed E-state index contributed by atoms with van der Waals surface area (Å²) in [4.78, 5) is 20.3. The van der Waals surface area contributed by atoms with Gasteiger partial charge in [-0.2, -0.15) is 0 Å². The zero-order valence-electron chi connectivity index (χ0n) is 18.7. The van der Waals surface area contributed by atoms with Crippen LogP contribution in [0.2, 0.25) is 0 Å². The van der Waals surface area contributed by atoms with Crippen molar-refractivity contribution in [3.63, 3.8) is 0 Å². The van der Waals surface area contributed by atoms with Gasteiger partial charge in [0.1, 0.15) is 0 Å². The van der Waals surface area contributed by atoms with E-state index in [1.165, 1.54) is 6.34 Å². The lowest BCUT2D eigenvalue weighted by molar-refractivity contribution is -0.134. The van der Waals surface area contributed by atoms with Crippen molar-refractivity contribution in [3.05, 3.63) is 114 Å². The van der Waals surface area contributed by atoms with E-state index in [0.29, 0.717) is 6.54 Å². The normalized spacial score (nSPS) is 11.3. The molecule has 5 nitrogen and oxygen atoms in total. The van der Waals surface area contributed by atoms with Gasteiger partial charge in [0.2, 0.25) is 0 Å². The minimum absolute atomic E-state index is 0.160. The molecular formula is C27H30N4O. The molecule has 3 aromatic rings. The van der Waals surface area contributed by atoms with E-state index < -0.39 is 5.54 Å². The molecule has 32 heavy (non-hydrogen) atoms. The van der Waals surface area contributed by atoms with Crippen molar-refractivity contribution in [1.82, 2.24) is 10.2 Å². The van der Waals surface area contributed by atoms with Crippen LogP contribution in [0.3, 0.4) is 0 Å². The average molecular weight is 427 g/mol. The van der Waals surface area contributed by atoms with Crippen molar-refractivity contribution in [2.24, 2.45) is 10.7 Å². The molecule has 1 amide bonds. The topological polar surface area (TPSA) is 70.7 Å². The van der Waals surface area contributed by atoms with Gasteiger partial charge in [-0.1, -0.05) is 85.4 Å². The number of nitrogens with zero attached hydrogens (tertiary/aromatic N) is 2. The first-order valence-electron chi connectivity index (χ1n) is 10.7. The van der Waals surface area contributed by atoms with E-state index in [1.54, 1.807) is 11.9 Å². The first kappa shape index (κ1) is 22.8. The third kappa shape index (κ3) is 4.72. The Bertz CT molecular complexity index is 1040. The van der Waals surface area contributed by atoms with E-state index in [9.17, 15) is 4.79 Å². The van der Waals surface area contributed by atoms with Crippen molar-refractivity contribution < 1.29 is 4.79 Å². The van der Waals surface area contributed by atoms with Crippen molar-refractivity contribution in [2.75, 3.05) is 13.6 Å². The van der Waals surface area contributed by atoms with E-state index in [1.807, 2.05) is 91.9 Å². The van der Waals surface area contributed by atoms with Crippen LogP contribution in [-0.2, 0) is 16.9 Å². The summed E-state index contributed by atoms with van der Waals surface area (Å²) in [5, 5.41) is 3.24.